The van der Waals surface area contributed by atoms with Crippen LogP contribution in [0.25, 0.3) is 0 Å². The molecule has 0 rings (SSSR count). The van der Waals surface area contributed by atoms with Gasteiger partial charge in [0.25, 0.3) is 0 Å². The van der Waals surface area contributed by atoms with Crippen molar-refractivity contribution in [3.05, 3.63) is 0 Å². The van der Waals surface area contributed by atoms with Crippen LogP contribution in [0.2, 0.25) is 0 Å². The Kier molecular flexibility index (Phi) is 47.2. The zero-order chi connectivity index (χ0) is 46.3. The molecule has 5 N–H and O–H groups in total. The first-order valence-corrected chi connectivity index (χ1v) is 24.6. The van der Waals surface area contributed by atoms with Gasteiger partial charge in [0.2, 0.25) is 17.7 Å². The van der Waals surface area contributed by atoms with Crippen LogP contribution >= 0.6 is 22.6 Å². The van der Waals surface area contributed by atoms with Gasteiger partial charge in [-0.25, -0.2) is 4.79 Å². The Labute approximate surface area is 385 Å². The zero-order valence-electron chi connectivity index (χ0n) is 38.1. The molecule has 0 bridgehead atoms. The number of ketones is 2. The van der Waals surface area contributed by atoms with Crippen molar-refractivity contribution < 1.29 is 62.7 Å². The van der Waals surface area contributed by atoms with Gasteiger partial charge in [-0.05, 0) is 38.5 Å². The molecular formula is C45H82IN3O13. The van der Waals surface area contributed by atoms with Crippen molar-refractivity contribution in [2.75, 3.05) is 70.9 Å². The number of alkyl halides is 1. The van der Waals surface area contributed by atoms with E-state index in [1.165, 1.54) is 64.8 Å². The van der Waals surface area contributed by atoms with Gasteiger partial charge < -0.3 is 45.1 Å². The van der Waals surface area contributed by atoms with E-state index in [1.807, 2.05) is 29.5 Å². The van der Waals surface area contributed by atoms with Gasteiger partial charge in [0.15, 0.2) is 5.78 Å². The number of ether oxygens (including phenoxy) is 4. The molecule has 0 aliphatic heterocycles. The molecule has 0 radical (unpaired) electrons. The summed E-state index contributed by atoms with van der Waals surface area (Å²) in [6, 6.07) is -1.06. The number of carbonyl (C=O) groups excluding carboxylic acids is 5. The van der Waals surface area contributed by atoms with E-state index in [4.69, 9.17) is 24.1 Å². The van der Waals surface area contributed by atoms with Gasteiger partial charge in [-0.15, -0.1) is 0 Å². The lowest BCUT2D eigenvalue weighted by Crippen LogP contribution is -2.41. The number of rotatable bonds is 45. The summed E-state index contributed by atoms with van der Waals surface area (Å²) in [4.78, 5) is 79.7. The Morgan fingerprint density at radius 3 is 1.48 bits per heavy atom. The maximum atomic E-state index is 12.2. The maximum Gasteiger partial charge on any atom is 0.326 e. The summed E-state index contributed by atoms with van der Waals surface area (Å²) >= 11 is 2.00. The largest absolute Gasteiger partial charge is 0.481 e. The van der Waals surface area contributed by atoms with Crippen LogP contribution in [-0.2, 0) is 52.5 Å². The minimum atomic E-state index is -1.13. The topological polar surface area (TPSA) is 233 Å². The van der Waals surface area contributed by atoms with Crippen LogP contribution in [0.5, 0.6) is 0 Å². The maximum absolute atomic E-state index is 12.2. The van der Waals surface area contributed by atoms with E-state index in [0.717, 1.165) is 58.0 Å². The third kappa shape index (κ3) is 48.3. The molecule has 17 heteroatoms. The Bertz CT molecular complexity index is 1160. The number of hydrogen-bond donors (Lipinski definition) is 5. The van der Waals surface area contributed by atoms with Crippen LogP contribution in [0.15, 0.2) is 0 Å². The Hall–Kier alpha value is -2.74. The number of hydrogen-bond acceptors (Lipinski definition) is 11. The molecule has 3 amide bonds. The molecule has 0 aromatic rings. The second-order valence-corrected chi connectivity index (χ2v) is 16.1. The summed E-state index contributed by atoms with van der Waals surface area (Å²) in [6.07, 6.45) is 21.8. The predicted octanol–water partition coefficient (Wildman–Crippen LogP) is 6.90. The van der Waals surface area contributed by atoms with Gasteiger partial charge in [-0.3, -0.25) is 28.8 Å². The molecule has 1 atom stereocenters. The number of halogens is 1. The molecule has 0 aliphatic rings. The summed E-state index contributed by atoms with van der Waals surface area (Å²) in [5, 5.41) is 25.8. The smallest absolute Gasteiger partial charge is 0.326 e. The number of carbonyl (C=O) groups is 7. The van der Waals surface area contributed by atoms with Crippen LogP contribution < -0.4 is 16.0 Å². The third-order valence-electron chi connectivity index (χ3n) is 9.58. The zero-order valence-corrected chi connectivity index (χ0v) is 40.2. The predicted molar refractivity (Wildman–Crippen MR) is 248 cm³/mol. The highest BCUT2D eigenvalue weighted by atomic mass is 127. The van der Waals surface area contributed by atoms with Crippen molar-refractivity contribution in [3.8, 4) is 0 Å². The van der Waals surface area contributed by atoms with Gasteiger partial charge in [-0.1, -0.05) is 119 Å². The standard InChI is InChI=1S/C33H60N2O9.C12H22INO4/c1-34-31(38)27-44-26-25-43-24-18-19-28(36)22-23-29(33(41)42)35-30(37)20-16-14-12-10-8-6-4-2-3-5-7-9-11-13-15-17-21-32(39)40;1-2-6-17-7-8-18-10-11(15)4-3-5-14-12(16)9-13/h29H,2-27H2,1H3,(H,34,38)(H,35,37)(H,39,40)(H,41,42);2-10H2,1H3,(H,14,16)/t29-;/m0./s1. The first-order valence-electron chi connectivity index (χ1n) is 23.1. The molecule has 0 fully saturated rings. The van der Waals surface area contributed by atoms with Crippen molar-refractivity contribution in [1.29, 1.82) is 0 Å². The van der Waals surface area contributed by atoms with E-state index < -0.39 is 18.0 Å². The number of likely N-dealkylation sites (N-methyl/N-ethyl adjacent to an activating group) is 1. The summed E-state index contributed by atoms with van der Waals surface area (Å²) in [6.45, 7) is 5.40. The highest BCUT2D eigenvalue weighted by Crippen LogP contribution is 2.15. The van der Waals surface area contributed by atoms with E-state index in [-0.39, 0.29) is 68.4 Å². The highest BCUT2D eigenvalue weighted by Gasteiger charge is 2.20. The van der Waals surface area contributed by atoms with Crippen LogP contribution in [0.3, 0.4) is 0 Å². The summed E-state index contributed by atoms with van der Waals surface area (Å²) in [7, 11) is 1.53. The van der Waals surface area contributed by atoms with Crippen molar-refractivity contribution in [1.82, 2.24) is 16.0 Å². The molecule has 362 valence electrons. The fraction of sp³-hybridized carbons (Fsp3) is 0.844. The van der Waals surface area contributed by atoms with Crippen molar-refractivity contribution in [2.24, 2.45) is 0 Å². The molecule has 62 heavy (non-hydrogen) atoms. The minimum absolute atomic E-state index is 0.00683. The lowest BCUT2D eigenvalue weighted by molar-refractivity contribution is -0.142. The molecule has 0 saturated carbocycles. The SMILES string of the molecule is CCCOCCOCC(=O)CCCNC(=O)CI.CNC(=O)COCCOCCCC(=O)CC[C@H](NC(=O)CCCCCCCCCCCCCCCCCCC(=O)O)C(=O)O. The first kappa shape index (κ1) is 61.3. The quantitative estimate of drug-likeness (QED) is 0.0238. The van der Waals surface area contributed by atoms with Crippen LogP contribution in [-0.4, -0.2) is 128 Å². The lowest BCUT2D eigenvalue weighted by Gasteiger charge is -2.14. The molecule has 0 heterocycles. The average Bonchev–Trinajstić information content (AvgIpc) is 3.25. The van der Waals surface area contributed by atoms with Crippen molar-refractivity contribution in [3.63, 3.8) is 0 Å². The summed E-state index contributed by atoms with van der Waals surface area (Å²) < 4.78 is 21.3. The fourth-order valence-electron chi connectivity index (χ4n) is 6.00. The van der Waals surface area contributed by atoms with E-state index in [0.29, 0.717) is 69.5 Å². The van der Waals surface area contributed by atoms with E-state index in [1.54, 1.807) is 0 Å². The van der Waals surface area contributed by atoms with E-state index in [9.17, 15) is 38.7 Å². The second-order valence-electron chi connectivity index (χ2n) is 15.3. The Morgan fingerprint density at radius 1 is 0.500 bits per heavy atom. The number of carboxylic acid groups (broad SMARTS) is 2. The normalized spacial score (nSPS) is 11.3. The van der Waals surface area contributed by atoms with Gasteiger partial charge >= 0.3 is 11.9 Å². The number of aliphatic carboxylic acids is 2. The minimum Gasteiger partial charge on any atom is -0.481 e. The molecule has 0 aromatic heterocycles. The lowest BCUT2D eigenvalue weighted by atomic mass is 10.0. The van der Waals surface area contributed by atoms with Gasteiger partial charge in [0, 0.05) is 58.9 Å². The number of nitrogens with one attached hydrogen (secondary N) is 3. The number of carboxylic acids is 2. The fourth-order valence-corrected chi connectivity index (χ4v) is 6.27. The number of Topliss-reactive ketones (excluding diaryl/α,β-unsaturated/α-hetero) is 2. The Morgan fingerprint density at radius 2 is 0.984 bits per heavy atom. The van der Waals surface area contributed by atoms with Crippen LogP contribution in [0.4, 0.5) is 0 Å². The molecule has 16 nitrogen and oxygen atoms in total. The summed E-state index contributed by atoms with van der Waals surface area (Å²) in [5.74, 6) is -2.31. The number of unbranched alkanes of at least 4 members (excludes halogenated alkanes) is 15. The molecule has 0 aromatic carbocycles. The highest BCUT2D eigenvalue weighted by molar-refractivity contribution is 14.1. The van der Waals surface area contributed by atoms with E-state index >= 15 is 0 Å². The van der Waals surface area contributed by atoms with Gasteiger partial charge in [0.1, 0.15) is 25.0 Å². The van der Waals surface area contributed by atoms with Crippen molar-refractivity contribution in [2.45, 2.75) is 173 Å². The number of amides is 3. The molecule has 0 unspecified atom stereocenters. The molecule has 0 saturated heterocycles. The first-order chi connectivity index (χ1) is 30.0. The van der Waals surface area contributed by atoms with E-state index in [2.05, 4.69) is 16.0 Å². The Balaban J connectivity index is 0. The van der Waals surface area contributed by atoms with Gasteiger partial charge in [0.05, 0.1) is 30.9 Å². The molecular weight excluding hydrogens is 917 g/mol. The molecule has 0 aliphatic carbocycles. The summed E-state index contributed by atoms with van der Waals surface area (Å²) in [5.41, 5.74) is 0. The van der Waals surface area contributed by atoms with Crippen molar-refractivity contribution >= 4 is 63.8 Å². The van der Waals surface area contributed by atoms with Crippen LogP contribution in [0.1, 0.15) is 167 Å². The monoisotopic (exact) mass is 999 g/mol. The third-order valence-corrected chi connectivity index (χ3v) is 10.3. The average molecular weight is 1000 g/mol. The van der Waals surface area contributed by atoms with Gasteiger partial charge in [-0.2, -0.15) is 0 Å². The van der Waals surface area contributed by atoms with Crippen LogP contribution in [0, 0.1) is 0 Å². The molecule has 0 spiro atoms. The second kappa shape index (κ2) is 47.7.